The van der Waals surface area contributed by atoms with Gasteiger partial charge in [0.25, 0.3) is 0 Å². The molecule has 1 heterocycles. The van der Waals surface area contributed by atoms with Gasteiger partial charge in [-0.3, -0.25) is 0 Å². The summed E-state index contributed by atoms with van der Waals surface area (Å²) >= 11 is 4.11. The molecule has 1 aliphatic heterocycles. The largest absolute Gasteiger partial charge is 0.394 e. The molecule has 60 valence electrons. The maximum Gasteiger partial charge on any atom is 0.108 e. The lowest BCUT2D eigenvalue weighted by Gasteiger charge is -2.10. The molecule has 0 aromatic rings. The van der Waals surface area contributed by atoms with Gasteiger partial charge in [0, 0.05) is 0 Å². The number of rotatable bonds is 1. The first-order valence-electron chi connectivity index (χ1n) is 3.29. The van der Waals surface area contributed by atoms with E-state index < -0.39 is 12.2 Å². The molecule has 1 aliphatic rings. The Morgan fingerprint density at radius 1 is 1.60 bits per heavy atom. The van der Waals surface area contributed by atoms with Crippen LogP contribution in [0.4, 0.5) is 0 Å². The van der Waals surface area contributed by atoms with Gasteiger partial charge in [-0.15, -0.1) is 0 Å². The molecule has 4 heteroatoms. The molecule has 0 aromatic heterocycles. The molecule has 1 fully saturated rings. The molecule has 4 atom stereocenters. The third-order valence-electron chi connectivity index (χ3n) is 1.78. The van der Waals surface area contributed by atoms with Crippen molar-refractivity contribution in [2.45, 2.75) is 30.5 Å². The average Bonchev–Trinajstić information content (AvgIpc) is 2.17. The second-order valence-electron chi connectivity index (χ2n) is 2.54. The van der Waals surface area contributed by atoms with Gasteiger partial charge in [-0.1, -0.05) is 0 Å². The molecular weight excluding hydrogens is 152 g/mol. The molecule has 0 saturated carbocycles. The van der Waals surface area contributed by atoms with Crippen molar-refractivity contribution in [2.24, 2.45) is 0 Å². The molecule has 10 heavy (non-hydrogen) atoms. The van der Waals surface area contributed by atoms with Crippen LogP contribution in [0.15, 0.2) is 0 Å². The number of ether oxygens (including phenoxy) is 1. The van der Waals surface area contributed by atoms with Gasteiger partial charge >= 0.3 is 0 Å². The summed E-state index contributed by atoms with van der Waals surface area (Å²) in [7, 11) is 0. The SMILES string of the molecule is CC1O[C@H](CO)[C@@H](O)[C@H]1S. The summed E-state index contributed by atoms with van der Waals surface area (Å²) in [6.07, 6.45) is -1.16. The molecule has 0 aromatic carbocycles. The highest BCUT2D eigenvalue weighted by molar-refractivity contribution is 7.81. The maximum atomic E-state index is 9.27. The number of hydrogen-bond donors (Lipinski definition) is 3. The summed E-state index contributed by atoms with van der Waals surface area (Å²) in [5.41, 5.74) is 0. The lowest BCUT2D eigenvalue weighted by Crippen LogP contribution is -2.29. The summed E-state index contributed by atoms with van der Waals surface area (Å²) in [6, 6.07) is 0. The third kappa shape index (κ3) is 1.29. The first-order valence-corrected chi connectivity index (χ1v) is 3.81. The molecule has 0 spiro atoms. The predicted molar refractivity (Wildman–Crippen MR) is 40.2 cm³/mol. The molecule has 1 rings (SSSR count). The molecule has 3 nitrogen and oxygen atoms in total. The van der Waals surface area contributed by atoms with Crippen LogP contribution in [0.5, 0.6) is 0 Å². The van der Waals surface area contributed by atoms with E-state index in [4.69, 9.17) is 9.84 Å². The van der Waals surface area contributed by atoms with Gasteiger partial charge in [0.2, 0.25) is 0 Å². The van der Waals surface area contributed by atoms with E-state index in [0.29, 0.717) is 0 Å². The Morgan fingerprint density at radius 3 is 2.40 bits per heavy atom. The van der Waals surface area contributed by atoms with E-state index in [-0.39, 0.29) is 18.0 Å². The van der Waals surface area contributed by atoms with E-state index in [0.717, 1.165) is 0 Å². The fourth-order valence-electron chi connectivity index (χ4n) is 1.09. The van der Waals surface area contributed by atoms with Crippen molar-refractivity contribution < 1.29 is 14.9 Å². The lowest BCUT2D eigenvalue weighted by atomic mass is 10.1. The minimum absolute atomic E-state index is 0.0736. The molecule has 2 N–H and O–H groups in total. The van der Waals surface area contributed by atoms with Crippen molar-refractivity contribution >= 4 is 12.6 Å². The molecule has 0 radical (unpaired) electrons. The molecular formula is C6H12O3S. The van der Waals surface area contributed by atoms with E-state index in [9.17, 15) is 5.11 Å². The summed E-state index contributed by atoms with van der Waals surface area (Å²) in [4.78, 5) is 0. The van der Waals surface area contributed by atoms with Gasteiger partial charge in [-0.2, -0.15) is 12.6 Å². The molecule has 0 aliphatic carbocycles. The molecule has 0 amide bonds. The van der Waals surface area contributed by atoms with Crippen molar-refractivity contribution in [1.29, 1.82) is 0 Å². The van der Waals surface area contributed by atoms with Gasteiger partial charge in [-0.05, 0) is 6.92 Å². The standard InChI is InChI=1S/C6H12O3S/c1-3-6(10)5(8)4(2-7)9-3/h3-8,10H,2H2,1H3/t3?,4-,5-,6+/m1/s1. The molecule has 0 bridgehead atoms. The van der Waals surface area contributed by atoms with Gasteiger partial charge in [0.15, 0.2) is 0 Å². The quantitative estimate of drug-likeness (QED) is 0.455. The summed E-state index contributed by atoms with van der Waals surface area (Å²) < 4.78 is 5.16. The topological polar surface area (TPSA) is 49.7 Å². The summed E-state index contributed by atoms with van der Waals surface area (Å²) in [5, 5.41) is 17.8. The van der Waals surface area contributed by atoms with Crippen molar-refractivity contribution in [1.82, 2.24) is 0 Å². The Bertz CT molecular complexity index is 120. The van der Waals surface area contributed by atoms with Crippen LogP contribution in [0.3, 0.4) is 0 Å². The Labute approximate surface area is 65.4 Å². The highest BCUT2D eigenvalue weighted by atomic mass is 32.1. The highest BCUT2D eigenvalue weighted by Crippen LogP contribution is 2.24. The second kappa shape index (κ2) is 3.09. The Kier molecular flexibility index (Phi) is 2.57. The van der Waals surface area contributed by atoms with Crippen LogP contribution in [0.25, 0.3) is 0 Å². The maximum absolute atomic E-state index is 9.27. The Hall–Kier alpha value is 0.230. The zero-order valence-corrected chi connectivity index (χ0v) is 6.66. The fourth-order valence-corrected chi connectivity index (χ4v) is 1.35. The molecule has 1 unspecified atom stereocenters. The zero-order chi connectivity index (χ0) is 7.72. The van der Waals surface area contributed by atoms with Crippen LogP contribution in [-0.2, 0) is 4.74 Å². The molecule has 1 saturated heterocycles. The van der Waals surface area contributed by atoms with Crippen LogP contribution in [0.1, 0.15) is 6.92 Å². The normalized spacial score (nSPS) is 48.0. The first kappa shape index (κ1) is 8.33. The van der Waals surface area contributed by atoms with Gasteiger partial charge in [-0.25, -0.2) is 0 Å². The lowest BCUT2D eigenvalue weighted by molar-refractivity contribution is -0.0170. The number of thiol groups is 1. The van der Waals surface area contributed by atoms with Gasteiger partial charge < -0.3 is 14.9 Å². The van der Waals surface area contributed by atoms with E-state index >= 15 is 0 Å². The van der Waals surface area contributed by atoms with Crippen LogP contribution in [0.2, 0.25) is 0 Å². The minimum Gasteiger partial charge on any atom is -0.394 e. The van der Waals surface area contributed by atoms with Crippen LogP contribution in [-0.4, -0.2) is 40.4 Å². The minimum atomic E-state index is -0.636. The number of aliphatic hydroxyl groups is 2. The smallest absolute Gasteiger partial charge is 0.108 e. The predicted octanol–water partition coefficient (Wildman–Crippen LogP) is -0.575. The Morgan fingerprint density at radius 2 is 2.20 bits per heavy atom. The summed E-state index contributed by atoms with van der Waals surface area (Å²) in [6.45, 7) is 1.69. The van der Waals surface area contributed by atoms with Gasteiger partial charge in [0.05, 0.1) is 24.1 Å². The zero-order valence-electron chi connectivity index (χ0n) is 5.77. The second-order valence-corrected chi connectivity index (χ2v) is 3.14. The monoisotopic (exact) mass is 164 g/mol. The average molecular weight is 164 g/mol. The fraction of sp³-hybridized carbons (Fsp3) is 1.00. The van der Waals surface area contributed by atoms with Crippen molar-refractivity contribution in [3.63, 3.8) is 0 Å². The Balaban J connectivity index is 2.53. The van der Waals surface area contributed by atoms with Crippen molar-refractivity contribution in [3.05, 3.63) is 0 Å². The highest BCUT2D eigenvalue weighted by Gasteiger charge is 2.38. The van der Waals surface area contributed by atoms with Gasteiger partial charge in [0.1, 0.15) is 6.10 Å². The number of aliphatic hydroxyl groups excluding tert-OH is 2. The van der Waals surface area contributed by atoms with E-state index in [1.54, 1.807) is 0 Å². The first-order chi connectivity index (χ1) is 4.66. The van der Waals surface area contributed by atoms with Crippen LogP contribution < -0.4 is 0 Å². The number of hydrogen-bond acceptors (Lipinski definition) is 4. The van der Waals surface area contributed by atoms with E-state index in [1.807, 2.05) is 6.92 Å². The van der Waals surface area contributed by atoms with Crippen LogP contribution in [0, 0.1) is 0 Å². The third-order valence-corrected chi connectivity index (χ3v) is 2.51. The van der Waals surface area contributed by atoms with E-state index in [1.165, 1.54) is 0 Å². The van der Waals surface area contributed by atoms with Crippen molar-refractivity contribution in [2.75, 3.05) is 6.61 Å². The van der Waals surface area contributed by atoms with Crippen molar-refractivity contribution in [3.8, 4) is 0 Å². The summed E-state index contributed by atoms with van der Waals surface area (Å²) in [5.74, 6) is 0. The van der Waals surface area contributed by atoms with E-state index in [2.05, 4.69) is 12.6 Å². The van der Waals surface area contributed by atoms with Crippen LogP contribution >= 0.6 is 12.6 Å².